The third-order valence-electron chi connectivity index (χ3n) is 4.78. The summed E-state index contributed by atoms with van der Waals surface area (Å²) in [6.45, 7) is 5.07. The fraction of sp³-hybridized carbons (Fsp3) is 0.556. The average molecular weight is 318 g/mol. The van der Waals surface area contributed by atoms with Gasteiger partial charge in [-0.3, -0.25) is 4.79 Å². The van der Waals surface area contributed by atoms with Crippen LogP contribution < -0.4 is 5.32 Å². The minimum atomic E-state index is -0.820. The van der Waals surface area contributed by atoms with Crippen molar-refractivity contribution >= 4 is 12.0 Å². The molecule has 1 aliphatic rings. The number of carboxylic acid groups (broad SMARTS) is 1. The standard InChI is InChI=1S/C18H26N2O3/c1-3-13(4-2)16(14-8-6-5-7-9-14)19-18(23)20-11-10-15(12-20)17(21)22/h5-9,13,15-16H,3-4,10-12H2,1-2H3,(H,19,23)(H,21,22). The highest BCUT2D eigenvalue weighted by Gasteiger charge is 2.32. The van der Waals surface area contributed by atoms with Crippen LogP contribution in [0.25, 0.3) is 0 Å². The molecule has 1 saturated heterocycles. The Morgan fingerprint density at radius 1 is 1.26 bits per heavy atom. The van der Waals surface area contributed by atoms with Crippen molar-refractivity contribution in [3.63, 3.8) is 0 Å². The first-order chi connectivity index (χ1) is 11.1. The molecule has 1 aliphatic heterocycles. The number of urea groups is 1. The van der Waals surface area contributed by atoms with Gasteiger partial charge in [0.1, 0.15) is 0 Å². The Bertz CT molecular complexity index is 528. The molecule has 126 valence electrons. The molecule has 0 spiro atoms. The van der Waals surface area contributed by atoms with Gasteiger partial charge in [-0.2, -0.15) is 0 Å². The summed E-state index contributed by atoms with van der Waals surface area (Å²) >= 11 is 0. The van der Waals surface area contributed by atoms with Gasteiger partial charge < -0.3 is 15.3 Å². The van der Waals surface area contributed by atoms with Crippen molar-refractivity contribution in [2.24, 2.45) is 11.8 Å². The second kappa shape index (κ2) is 7.99. The summed E-state index contributed by atoms with van der Waals surface area (Å²) in [5.74, 6) is -0.900. The van der Waals surface area contributed by atoms with Gasteiger partial charge in [0.05, 0.1) is 12.0 Å². The molecule has 2 unspecified atom stereocenters. The van der Waals surface area contributed by atoms with E-state index in [-0.39, 0.29) is 12.1 Å². The number of carbonyl (C=O) groups is 2. The number of carboxylic acids is 1. The van der Waals surface area contributed by atoms with E-state index in [1.54, 1.807) is 4.90 Å². The number of hydrogen-bond acceptors (Lipinski definition) is 2. The molecule has 1 fully saturated rings. The number of amides is 2. The molecule has 0 aliphatic carbocycles. The summed E-state index contributed by atoms with van der Waals surface area (Å²) in [7, 11) is 0. The maximum absolute atomic E-state index is 12.6. The van der Waals surface area contributed by atoms with Crippen LogP contribution in [0.1, 0.15) is 44.7 Å². The van der Waals surface area contributed by atoms with E-state index in [2.05, 4.69) is 19.2 Å². The average Bonchev–Trinajstić information content (AvgIpc) is 3.06. The molecule has 5 heteroatoms. The van der Waals surface area contributed by atoms with Crippen molar-refractivity contribution < 1.29 is 14.7 Å². The molecule has 2 N–H and O–H groups in total. The van der Waals surface area contributed by atoms with Crippen LogP contribution in [0.15, 0.2) is 30.3 Å². The Balaban J connectivity index is 2.09. The van der Waals surface area contributed by atoms with Crippen LogP contribution in [0.5, 0.6) is 0 Å². The number of carbonyl (C=O) groups excluding carboxylic acids is 1. The van der Waals surface area contributed by atoms with Gasteiger partial charge in [0.15, 0.2) is 0 Å². The summed E-state index contributed by atoms with van der Waals surface area (Å²) in [5, 5.41) is 12.2. The molecule has 0 aromatic heterocycles. The quantitative estimate of drug-likeness (QED) is 0.845. The Hall–Kier alpha value is -2.04. The summed E-state index contributed by atoms with van der Waals surface area (Å²) in [5.41, 5.74) is 1.10. The van der Waals surface area contributed by atoms with Crippen LogP contribution >= 0.6 is 0 Å². The Morgan fingerprint density at radius 2 is 1.91 bits per heavy atom. The van der Waals surface area contributed by atoms with Crippen LogP contribution in [0.3, 0.4) is 0 Å². The maximum atomic E-state index is 12.6. The molecule has 2 rings (SSSR count). The highest BCUT2D eigenvalue weighted by atomic mass is 16.4. The summed E-state index contributed by atoms with van der Waals surface area (Å²) in [6.07, 6.45) is 2.49. The number of hydrogen-bond donors (Lipinski definition) is 2. The van der Waals surface area contributed by atoms with Crippen molar-refractivity contribution in [2.75, 3.05) is 13.1 Å². The molecule has 5 nitrogen and oxygen atoms in total. The molecule has 1 heterocycles. The largest absolute Gasteiger partial charge is 0.481 e. The highest BCUT2D eigenvalue weighted by Crippen LogP contribution is 2.28. The second-order valence-electron chi connectivity index (χ2n) is 6.18. The van der Waals surface area contributed by atoms with Crippen molar-refractivity contribution in [2.45, 2.75) is 39.2 Å². The van der Waals surface area contributed by atoms with E-state index in [1.807, 2.05) is 30.3 Å². The first-order valence-electron chi connectivity index (χ1n) is 8.40. The molecule has 23 heavy (non-hydrogen) atoms. The van der Waals surface area contributed by atoms with E-state index in [0.717, 1.165) is 18.4 Å². The lowest BCUT2D eigenvalue weighted by molar-refractivity contribution is -0.141. The van der Waals surface area contributed by atoms with Gasteiger partial charge in [-0.05, 0) is 17.9 Å². The fourth-order valence-electron chi connectivity index (χ4n) is 3.26. The normalized spacial score (nSPS) is 18.9. The van der Waals surface area contributed by atoms with E-state index in [0.29, 0.717) is 25.4 Å². The molecule has 0 radical (unpaired) electrons. The van der Waals surface area contributed by atoms with Gasteiger partial charge in [0.2, 0.25) is 0 Å². The van der Waals surface area contributed by atoms with Crippen LogP contribution in [0, 0.1) is 11.8 Å². The van der Waals surface area contributed by atoms with E-state index < -0.39 is 11.9 Å². The number of rotatable bonds is 6. The fourth-order valence-corrected chi connectivity index (χ4v) is 3.26. The molecule has 2 atom stereocenters. The lowest BCUT2D eigenvalue weighted by Gasteiger charge is -2.29. The SMILES string of the molecule is CCC(CC)C(NC(=O)N1CCC(C(=O)O)C1)c1ccccc1. The number of likely N-dealkylation sites (tertiary alicyclic amines) is 1. The number of benzene rings is 1. The molecular formula is C18H26N2O3. The van der Waals surface area contributed by atoms with Crippen LogP contribution in [-0.4, -0.2) is 35.1 Å². The second-order valence-corrected chi connectivity index (χ2v) is 6.18. The molecule has 1 aromatic carbocycles. The predicted molar refractivity (Wildman–Crippen MR) is 89.1 cm³/mol. The lowest BCUT2D eigenvalue weighted by atomic mass is 9.89. The maximum Gasteiger partial charge on any atom is 0.317 e. The summed E-state index contributed by atoms with van der Waals surface area (Å²) in [6, 6.07) is 9.80. The minimum absolute atomic E-state index is 0.0393. The molecule has 2 amide bonds. The zero-order chi connectivity index (χ0) is 16.8. The minimum Gasteiger partial charge on any atom is -0.481 e. The number of aliphatic carboxylic acids is 1. The topological polar surface area (TPSA) is 69.6 Å². The zero-order valence-electron chi connectivity index (χ0n) is 13.9. The van der Waals surface area contributed by atoms with E-state index in [4.69, 9.17) is 5.11 Å². The molecule has 0 bridgehead atoms. The van der Waals surface area contributed by atoms with Gasteiger partial charge in [0, 0.05) is 13.1 Å². The first kappa shape index (κ1) is 17.3. The lowest BCUT2D eigenvalue weighted by Crippen LogP contribution is -2.42. The van der Waals surface area contributed by atoms with Crippen LogP contribution in [-0.2, 0) is 4.79 Å². The van der Waals surface area contributed by atoms with Crippen LogP contribution in [0.2, 0.25) is 0 Å². The van der Waals surface area contributed by atoms with Gasteiger partial charge in [-0.25, -0.2) is 4.79 Å². The van der Waals surface area contributed by atoms with Gasteiger partial charge >= 0.3 is 12.0 Å². The van der Waals surface area contributed by atoms with E-state index >= 15 is 0 Å². The summed E-state index contributed by atoms with van der Waals surface area (Å²) < 4.78 is 0. The van der Waals surface area contributed by atoms with Gasteiger partial charge in [-0.1, -0.05) is 57.0 Å². The van der Waals surface area contributed by atoms with Crippen molar-refractivity contribution in [1.82, 2.24) is 10.2 Å². The zero-order valence-corrected chi connectivity index (χ0v) is 13.9. The van der Waals surface area contributed by atoms with E-state index in [9.17, 15) is 9.59 Å². The van der Waals surface area contributed by atoms with Gasteiger partial charge in [0.25, 0.3) is 0 Å². The molecule has 1 aromatic rings. The summed E-state index contributed by atoms with van der Waals surface area (Å²) in [4.78, 5) is 25.2. The van der Waals surface area contributed by atoms with Crippen molar-refractivity contribution in [1.29, 1.82) is 0 Å². The van der Waals surface area contributed by atoms with E-state index in [1.165, 1.54) is 0 Å². The monoisotopic (exact) mass is 318 g/mol. The Kier molecular flexibility index (Phi) is 6.02. The number of nitrogens with one attached hydrogen (secondary N) is 1. The Morgan fingerprint density at radius 3 is 2.43 bits per heavy atom. The van der Waals surface area contributed by atoms with Crippen molar-refractivity contribution in [3.8, 4) is 0 Å². The highest BCUT2D eigenvalue weighted by molar-refractivity contribution is 5.77. The van der Waals surface area contributed by atoms with Gasteiger partial charge in [-0.15, -0.1) is 0 Å². The van der Waals surface area contributed by atoms with Crippen molar-refractivity contribution in [3.05, 3.63) is 35.9 Å². The Labute approximate surface area is 137 Å². The number of nitrogens with zero attached hydrogens (tertiary/aromatic N) is 1. The van der Waals surface area contributed by atoms with Crippen LogP contribution in [0.4, 0.5) is 4.79 Å². The predicted octanol–water partition coefficient (Wildman–Crippen LogP) is 3.28. The smallest absolute Gasteiger partial charge is 0.317 e. The first-order valence-corrected chi connectivity index (χ1v) is 8.40. The third-order valence-corrected chi connectivity index (χ3v) is 4.78. The molecule has 0 saturated carbocycles. The third kappa shape index (κ3) is 4.24. The molecular weight excluding hydrogens is 292 g/mol.